The second-order valence-corrected chi connectivity index (χ2v) is 22.6. The third-order valence-electron chi connectivity index (χ3n) is 7.56. The van der Waals surface area contributed by atoms with Gasteiger partial charge >= 0.3 is 199 Å². The molecular formula is C30H33GeN2+. The van der Waals surface area contributed by atoms with Crippen molar-refractivity contribution in [1.82, 2.24) is 4.40 Å². The van der Waals surface area contributed by atoms with Gasteiger partial charge < -0.3 is 0 Å². The first-order chi connectivity index (χ1) is 15.5. The Hall–Kier alpha value is -2.59. The Morgan fingerprint density at radius 3 is 2.27 bits per heavy atom. The number of aromatic nitrogens is 2. The molecule has 3 aromatic carbocycles. The van der Waals surface area contributed by atoms with Crippen LogP contribution >= 0.6 is 0 Å². The van der Waals surface area contributed by atoms with Crippen molar-refractivity contribution in [1.29, 1.82) is 0 Å². The molecule has 6 rings (SSSR count). The molecule has 0 atom stereocenters. The molecule has 166 valence electrons. The summed E-state index contributed by atoms with van der Waals surface area (Å²) in [5.74, 6) is 7.49. The maximum absolute atomic E-state index is 2.58. The quantitative estimate of drug-likeness (QED) is 0.101. The number of rotatable bonds is 1. The van der Waals surface area contributed by atoms with E-state index >= 15 is 0 Å². The number of benzene rings is 3. The maximum atomic E-state index is 2.58. The fraction of sp³-hybridized carbons (Fsp3) is 0.300. The normalized spacial score (nSPS) is 13.5. The third-order valence-corrected chi connectivity index (χ3v) is 11.8. The summed E-state index contributed by atoms with van der Waals surface area (Å²) in [6.45, 7) is 9.18. The molecule has 0 N–H and O–H groups in total. The van der Waals surface area contributed by atoms with Crippen molar-refractivity contribution in [3.05, 3.63) is 65.9 Å². The van der Waals surface area contributed by atoms with Gasteiger partial charge in [0, 0.05) is 0 Å². The zero-order chi connectivity index (χ0) is 23.4. The van der Waals surface area contributed by atoms with Crippen LogP contribution < -0.4 is 8.96 Å². The molecule has 2 nitrogen and oxygen atoms in total. The van der Waals surface area contributed by atoms with Gasteiger partial charge in [0.15, 0.2) is 0 Å². The Morgan fingerprint density at radius 1 is 0.818 bits per heavy atom. The summed E-state index contributed by atoms with van der Waals surface area (Å²) in [4.78, 5) is 0. The van der Waals surface area contributed by atoms with E-state index < -0.39 is 13.3 Å². The molecule has 0 fully saturated rings. The predicted molar refractivity (Wildman–Crippen MR) is 146 cm³/mol. The van der Waals surface area contributed by atoms with E-state index in [2.05, 4.69) is 116 Å². The number of aryl methyl sites for hydroxylation is 2. The summed E-state index contributed by atoms with van der Waals surface area (Å²) in [7, 11) is 2.20. The molecule has 0 spiro atoms. The van der Waals surface area contributed by atoms with Crippen molar-refractivity contribution >= 4 is 66.7 Å². The van der Waals surface area contributed by atoms with Gasteiger partial charge in [-0.2, -0.15) is 0 Å². The van der Waals surface area contributed by atoms with E-state index in [1.807, 2.05) is 0 Å². The van der Waals surface area contributed by atoms with E-state index in [0.717, 1.165) is 0 Å². The van der Waals surface area contributed by atoms with Crippen LogP contribution in [0.3, 0.4) is 0 Å². The van der Waals surface area contributed by atoms with Gasteiger partial charge in [-0.3, -0.25) is 0 Å². The van der Waals surface area contributed by atoms with E-state index in [0.29, 0.717) is 0 Å². The molecule has 3 heterocycles. The van der Waals surface area contributed by atoms with Gasteiger partial charge in [-0.25, -0.2) is 0 Å². The Bertz CT molecular complexity index is 1740. The summed E-state index contributed by atoms with van der Waals surface area (Å²) >= 11 is -2.04. The van der Waals surface area contributed by atoms with Gasteiger partial charge in [0.25, 0.3) is 0 Å². The number of hydrogen-bond acceptors (Lipinski definition) is 0. The Morgan fingerprint density at radius 2 is 1.58 bits per heavy atom. The van der Waals surface area contributed by atoms with Crippen LogP contribution in [0.25, 0.3) is 49.0 Å². The minimum absolute atomic E-state index is 0.124. The predicted octanol–water partition coefficient (Wildman–Crippen LogP) is 6.97. The number of pyridine rings is 2. The van der Waals surface area contributed by atoms with Crippen LogP contribution in [0, 0.1) is 6.92 Å². The molecule has 0 amide bonds. The molecule has 0 aliphatic heterocycles. The van der Waals surface area contributed by atoms with Gasteiger partial charge in [-0.1, -0.05) is 0 Å². The molecular weight excluding hydrogens is 461 g/mol. The first-order valence-electron chi connectivity index (χ1n) is 12.0. The van der Waals surface area contributed by atoms with Crippen LogP contribution in [0.5, 0.6) is 0 Å². The van der Waals surface area contributed by atoms with Crippen molar-refractivity contribution in [2.24, 2.45) is 7.05 Å². The number of hydrogen-bond donors (Lipinski definition) is 0. The van der Waals surface area contributed by atoms with Crippen molar-refractivity contribution in [2.75, 3.05) is 0 Å². The van der Waals surface area contributed by atoms with Gasteiger partial charge in [0.2, 0.25) is 0 Å². The minimum atomic E-state index is -2.04. The molecule has 33 heavy (non-hydrogen) atoms. The third kappa shape index (κ3) is 2.83. The van der Waals surface area contributed by atoms with Crippen LogP contribution in [0.15, 0.2) is 54.7 Å². The fourth-order valence-corrected chi connectivity index (χ4v) is 8.05. The molecule has 0 bridgehead atoms. The first kappa shape index (κ1) is 21.0. The average Bonchev–Trinajstić information content (AvgIpc) is 3.07. The van der Waals surface area contributed by atoms with E-state index in [-0.39, 0.29) is 5.41 Å². The van der Waals surface area contributed by atoms with Gasteiger partial charge in [0.1, 0.15) is 0 Å². The first-order valence-corrected chi connectivity index (χ1v) is 19.4. The SMILES string of the molecule is Cc1ccc2c3cc(C(C)(C)C)ccc3n3c4c[c]([Ge]([CH3])([CH3])[CH3])cc5cc[n+](C)c(c1c23)c54. The Labute approximate surface area is 198 Å². The van der Waals surface area contributed by atoms with Gasteiger partial charge in [-0.15, -0.1) is 0 Å². The standard InChI is InChI=1S/C30H33GeN2/c1-18-9-11-22-23-16-20(30(2,3)4)10-12-24(23)33-25-17-21(31(5,6)7)15-19-13-14-32(8)29(27(19)25)26(18)28(22)33/h9-17H,1-8H3/q+1. The molecule has 3 aromatic heterocycles. The van der Waals surface area contributed by atoms with E-state index in [1.54, 1.807) is 4.40 Å². The van der Waals surface area contributed by atoms with Gasteiger partial charge in [0.05, 0.1) is 0 Å². The summed E-state index contributed by atoms with van der Waals surface area (Å²) in [5.41, 5.74) is 8.25. The van der Waals surface area contributed by atoms with Crippen molar-refractivity contribution in [2.45, 2.75) is 50.4 Å². The topological polar surface area (TPSA) is 8.29 Å². The van der Waals surface area contributed by atoms with Crippen molar-refractivity contribution < 1.29 is 4.57 Å². The molecule has 0 unspecified atom stereocenters. The summed E-state index contributed by atoms with van der Waals surface area (Å²) < 4.78 is 6.47. The number of fused-ring (bicyclic) bond motifs is 5. The van der Waals surface area contributed by atoms with E-state index in [1.165, 1.54) is 60.1 Å². The fourth-order valence-electron chi connectivity index (χ4n) is 5.62. The van der Waals surface area contributed by atoms with Crippen molar-refractivity contribution in [3.63, 3.8) is 0 Å². The zero-order valence-electron chi connectivity index (χ0n) is 21.1. The van der Waals surface area contributed by atoms with Gasteiger partial charge in [-0.05, 0) is 0 Å². The monoisotopic (exact) mass is 495 g/mol. The summed E-state index contributed by atoms with van der Waals surface area (Å²) in [6, 6.07) is 19.1. The molecule has 0 saturated heterocycles. The molecule has 3 heteroatoms. The molecule has 0 saturated carbocycles. The Kier molecular flexibility index (Phi) is 4.14. The molecule has 0 aliphatic carbocycles. The van der Waals surface area contributed by atoms with E-state index in [9.17, 15) is 0 Å². The second kappa shape index (κ2) is 6.51. The van der Waals surface area contributed by atoms with Crippen LogP contribution in [-0.4, -0.2) is 17.7 Å². The van der Waals surface area contributed by atoms with Crippen LogP contribution in [0.4, 0.5) is 0 Å². The number of nitrogens with zero attached hydrogens (tertiary/aromatic N) is 2. The summed E-state index contributed by atoms with van der Waals surface area (Å²) in [5, 5.41) is 6.86. The molecule has 0 aliphatic rings. The van der Waals surface area contributed by atoms with E-state index in [4.69, 9.17) is 0 Å². The van der Waals surface area contributed by atoms with Crippen LogP contribution in [-0.2, 0) is 12.5 Å². The molecule has 6 aromatic rings. The van der Waals surface area contributed by atoms with Crippen LogP contribution in [0.2, 0.25) is 17.3 Å². The molecule has 0 radical (unpaired) electrons. The second-order valence-electron chi connectivity index (χ2n) is 12.0. The average molecular weight is 494 g/mol. The summed E-state index contributed by atoms with van der Waals surface area (Å²) in [6.07, 6.45) is 2.25. The zero-order valence-corrected chi connectivity index (χ0v) is 23.2. The van der Waals surface area contributed by atoms with Crippen LogP contribution in [0.1, 0.15) is 31.9 Å². The van der Waals surface area contributed by atoms with Crippen molar-refractivity contribution in [3.8, 4) is 0 Å². The Balaban J connectivity index is 1.98.